The van der Waals surface area contributed by atoms with Gasteiger partial charge in [-0.2, -0.15) is 13.2 Å². The molecule has 1 aliphatic heterocycles. The number of nitrogens with one attached hydrogen (secondary N) is 2. The molecule has 0 bridgehead atoms. The quantitative estimate of drug-likeness (QED) is 0.657. The summed E-state index contributed by atoms with van der Waals surface area (Å²) in [6, 6.07) is 7.56. The fourth-order valence-corrected chi connectivity index (χ4v) is 3.47. The summed E-state index contributed by atoms with van der Waals surface area (Å²) in [4.78, 5) is 14.5. The maximum atomic E-state index is 13.2. The second-order valence-corrected chi connectivity index (χ2v) is 7.14. The molecule has 0 radical (unpaired) electrons. The number of carbonyl (C=O) groups excluding carboxylic acids is 1. The van der Waals surface area contributed by atoms with Crippen molar-refractivity contribution in [2.45, 2.75) is 19.1 Å². The van der Waals surface area contributed by atoms with E-state index in [9.17, 15) is 18.0 Å². The summed E-state index contributed by atoms with van der Waals surface area (Å²) in [5, 5.41) is 13.4. The van der Waals surface area contributed by atoms with Crippen LogP contribution >= 0.6 is 0 Å². The molecule has 2 amide bonds. The van der Waals surface area contributed by atoms with Gasteiger partial charge in [-0.1, -0.05) is 6.07 Å². The third kappa shape index (κ3) is 4.55. The smallest absolute Gasteiger partial charge is 0.378 e. The minimum Gasteiger partial charge on any atom is -0.378 e. The lowest BCUT2D eigenvalue weighted by Gasteiger charge is -2.31. The second kappa shape index (κ2) is 8.42. The van der Waals surface area contributed by atoms with Gasteiger partial charge in [0, 0.05) is 19.3 Å². The zero-order valence-corrected chi connectivity index (χ0v) is 16.7. The van der Waals surface area contributed by atoms with Crippen LogP contribution in [0.2, 0.25) is 0 Å². The van der Waals surface area contributed by atoms with Gasteiger partial charge in [-0.05, 0) is 37.3 Å². The number of halogens is 3. The molecule has 2 N–H and O–H groups in total. The Hall–Kier alpha value is -3.34. The molecule has 0 saturated carbocycles. The van der Waals surface area contributed by atoms with Crippen LogP contribution in [0.25, 0.3) is 5.65 Å². The van der Waals surface area contributed by atoms with Crippen molar-refractivity contribution in [2.75, 3.05) is 36.5 Å². The Kier molecular flexibility index (Phi) is 5.68. The summed E-state index contributed by atoms with van der Waals surface area (Å²) in [6.45, 7) is 3.68. The molecule has 1 saturated heterocycles. The number of alkyl halides is 3. The highest BCUT2D eigenvalue weighted by molar-refractivity contribution is 5.93. The fraction of sp³-hybridized carbons (Fsp3) is 0.350. The average Bonchev–Trinajstić information content (AvgIpc) is 3.18. The Labute approximate surface area is 176 Å². The first-order valence-electron chi connectivity index (χ1n) is 9.74. The maximum Gasteiger partial charge on any atom is 0.416 e. The van der Waals surface area contributed by atoms with Gasteiger partial charge in [0.2, 0.25) is 0 Å². The molecule has 31 heavy (non-hydrogen) atoms. The largest absolute Gasteiger partial charge is 0.416 e. The van der Waals surface area contributed by atoms with Gasteiger partial charge in [0.05, 0.1) is 36.2 Å². The normalized spacial score (nSPS) is 15.7. The predicted octanol–water partition coefficient (Wildman–Crippen LogP) is 3.47. The van der Waals surface area contributed by atoms with E-state index in [4.69, 9.17) is 4.74 Å². The van der Waals surface area contributed by atoms with Crippen LogP contribution in [0.15, 0.2) is 42.6 Å². The number of carbonyl (C=O) groups is 1. The molecule has 0 spiro atoms. The summed E-state index contributed by atoms with van der Waals surface area (Å²) in [5.74, 6) is 0.503. The Morgan fingerprint density at radius 3 is 2.68 bits per heavy atom. The molecule has 1 aliphatic rings. The van der Waals surface area contributed by atoms with E-state index in [2.05, 4.69) is 20.8 Å². The van der Waals surface area contributed by atoms with E-state index in [-0.39, 0.29) is 5.69 Å². The van der Waals surface area contributed by atoms with Crippen LogP contribution in [0.4, 0.5) is 29.3 Å². The number of amides is 2. The van der Waals surface area contributed by atoms with Crippen LogP contribution in [-0.2, 0) is 10.9 Å². The number of fused-ring (bicyclic) bond motifs is 1. The summed E-state index contributed by atoms with van der Waals surface area (Å²) in [7, 11) is 0. The number of hydrogen-bond acceptors (Lipinski definition) is 5. The molecule has 8 nitrogen and oxygen atoms in total. The molecular formula is C20H21F3N6O2. The number of morpholine rings is 1. The van der Waals surface area contributed by atoms with E-state index >= 15 is 0 Å². The molecule has 1 atom stereocenters. The first-order valence-corrected chi connectivity index (χ1v) is 9.74. The van der Waals surface area contributed by atoms with E-state index in [1.165, 1.54) is 6.07 Å². The zero-order valence-electron chi connectivity index (χ0n) is 16.7. The summed E-state index contributed by atoms with van der Waals surface area (Å²) in [5.41, 5.74) is 0.370. The molecule has 164 valence electrons. The van der Waals surface area contributed by atoms with Crippen molar-refractivity contribution in [1.82, 2.24) is 19.9 Å². The zero-order chi connectivity index (χ0) is 22.0. The highest BCUT2D eigenvalue weighted by atomic mass is 19.4. The average molecular weight is 434 g/mol. The van der Waals surface area contributed by atoms with Crippen molar-refractivity contribution in [2.24, 2.45) is 0 Å². The van der Waals surface area contributed by atoms with Crippen molar-refractivity contribution >= 4 is 23.1 Å². The van der Waals surface area contributed by atoms with E-state index in [0.29, 0.717) is 43.5 Å². The molecule has 11 heteroatoms. The standard InChI is InChI=1S/C20H21F3N6O2/c1-13(18-27-26-17-4-2-3-7-29(17)18)24-19(30)25-15-12-14(20(21,22)23)5-6-16(15)28-8-10-31-11-9-28/h2-7,12-13H,8-11H2,1H3,(H2,24,25,30). The van der Waals surface area contributed by atoms with Gasteiger partial charge in [0.25, 0.3) is 0 Å². The number of pyridine rings is 1. The first kappa shape index (κ1) is 20.9. The number of ether oxygens (including phenoxy) is 1. The number of rotatable bonds is 4. The number of benzene rings is 1. The molecule has 4 rings (SSSR count). The van der Waals surface area contributed by atoms with Gasteiger partial charge < -0.3 is 20.3 Å². The molecule has 2 aromatic heterocycles. The van der Waals surface area contributed by atoms with Crippen LogP contribution in [0, 0.1) is 0 Å². The first-order chi connectivity index (χ1) is 14.8. The Balaban J connectivity index is 1.55. The minimum absolute atomic E-state index is 0.0764. The number of urea groups is 1. The van der Waals surface area contributed by atoms with E-state index in [0.717, 1.165) is 12.1 Å². The third-order valence-electron chi connectivity index (χ3n) is 5.00. The van der Waals surface area contributed by atoms with Crippen molar-refractivity contribution in [3.8, 4) is 0 Å². The lowest BCUT2D eigenvalue weighted by atomic mass is 10.1. The van der Waals surface area contributed by atoms with Crippen LogP contribution in [0.5, 0.6) is 0 Å². The Morgan fingerprint density at radius 1 is 1.16 bits per heavy atom. The van der Waals surface area contributed by atoms with Gasteiger partial charge in [-0.3, -0.25) is 4.40 Å². The van der Waals surface area contributed by atoms with Gasteiger partial charge in [-0.25, -0.2) is 4.79 Å². The second-order valence-electron chi connectivity index (χ2n) is 7.14. The summed E-state index contributed by atoms with van der Waals surface area (Å²) < 4.78 is 46.8. The number of aromatic nitrogens is 3. The van der Waals surface area contributed by atoms with Gasteiger partial charge in [-0.15, -0.1) is 10.2 Å². The van der Waals surface area contributed by atoms with Crippen molar-refractivity contribution < 1.29 is 22.7 Å². The van der Waals surface area contributed by atoms with Gasteiger partial charge >= 0.3 is 12.2 Å². The van der Waals surface area contributed by atoms with E-state index in [1.807, 2.05) is 17.0 Å². The number of hydrogen-bond donors (Lipinski definition) is 2. The molecule has 3 aromatic rings. The third-order valence-corrected chi connectivity index (χ3v) is 5.00. The van der Waals surface area contributed by atoms with Crippen molar-refractivity contribution in [3.63, 3.8) is 0 Å². The van der Waals surface area contributed by atoms with E-state index in [1.54, 1.807) is 23.6 Å². The molecule has 1 aromatic carbocycles. The van der Waals surface area contributed by atoms with Crippen molar-refractivity contribution in [1.29, 1.82) is 0 Å². The lowest BCUT2D eigenvalue weighted by Crippen LogP contribution is -2.37. The van der Waals surface area contributed by atoms with Crippen LogP contribution in [-0.4, -0.2) is 46.9 Å². The fourth-order valence-electron chi connectivity index (χ4n) is 3.47. The minimum atomic E-state index is -4.52. The molecule has 1 unspecified atom stereocenters. The number of nitrogens with zero attached hydrogens (tertiary/aromatic N) is 4. The molecule has 3 heterocycles. The van der Waals surface area contributed by atoms with Gasteiger partial charge in [0.1, 0.15) is 0 Å². The highest BCUT2D eigenvalue weighted by Crippen LogP contribution is 2.35. The molecule has 1 fully saturated rings. The molecular weight excluding hydrogens is 413 g/mol. The lowest BCUT2D eigenvalue weighted by molar-refractivity contribution is -0.137. The summed E-state index contributed by atoms with van der Waals surface area (Å²) in [6.07, 6.45) is -2.76. The van der Waals surface area contributed by atoms with Crippen molar-refractivity contribution in [3.05, 3.63) is 54.0 Å². The SMILES string of the molecule is CC(NC(=O)Nc1cc(C(F)(F)F)ccc1N1CCOCC1)c1nnc2ccccn12. The highest BCUT2D eigenvalue weighted by Gasteiger charge is 2.32. The van der Waals surface area contributed by atoms with Crippen LogP contribution in [0.1, 0.15) is 24.4 Å². The predicted molar refractivity (Wildman–Crippen MR) is 108 cm³/mol. The number of anilines is 2. The van der Waals surface area contributed by atoms with Gasteiger partial charge in [0.15, 0.2) is 11.5 Å². The van der Waals surface area contributed by atoms with Crippen LogP contribution < -0.4 is 15.5 Å². The summed E-state index contributed by atoms with van der Waals surface area (Å²) >= 11 is 0. The monoisotopic (exact) mass is 434 g/mol. The molecule has 0 aliphatic carbocycles. The maximum absolute atomic E-state index is 13.2. The Bertz CT molecular complexity index is 1080. The van der Waals surface area contributed by atoms with E-state index < -0.39 is 23.8 Å². The van der Waals surface area contributed by atoms with Crippen LogP contribution in [0.3, 0.4) is 0 Å². The topological polar surface area (TPSA) is 83.8 Å². The Morgan fingerprint density at radius 2 is 1.94 bits per heavy atom.